The highest BCUT2D eigenvalue weighted by Crippen LogP contribution is 2.31. The lowest BCUT2D eigenvalue weighted by atomic mass is 9.75. The van der Waals surface area contributed by atoms with E-state index in [2.05, 4.69) is 15.5 Å². The molecule has 7 nitrogen and oxygen atoms in total. The van der Waals surface area contributed by atoms with Crippen LogP contribution in [0.4, 0.5) is 0 Å². The molecular formula is C17H21N3O4. The molecule has 2 aromatic heterocycles. The summed E-state index contributed by atoms with van der Waals surface area (Å²) in [7, 11) is 0. The number of aromatic nitrogens is 2. The molecule has 128 valence electrons. The van der Waals surface area contributed by atoms with E-state index in [4.69, 9.17) is 4.52 Å². The molecule has 1 fully saturated rings. The summed E-state index contributed by atoms with van der Waals surface area (Å²) in [6.07, 6.45) is 5.97. The van der Waals surface area contributed by atoms with Crippen molar-refractivity contribution >= 4 is 5.91 Å². The van der Waals surface area contributed by atoms with E-state index < -0.39 is 0 Å². The lowest BCUT2D eigenvalue weighted by Crippen LogP contribution is -2.48. The van der Waals surface area contributed by atoms with E-state index in [1.165, 1.54) is 6.07 Å². The second-order valence-electron chi connectivity index (χ2n) is 6.30. The Morgan fingerprint density at radius 3 is 2.79 bits per heavy atom. The summed E-state index contributed by atoms with van der Waals surface area (Å²) in [6.45, 7) is 0. The van der Waals surface area contributed by atoms with E-state index in [9.17, 15) is 14.7 Å². The fourth-order valence-corrected chi connectivity index (χ4v) is 3.03. The standard InChI is InChI=1S/C17H21N3O4/c21-13-8-12(9-13)15(7-11-3-5-18-6-4-11)19-16(22)2-1-14-10-17(23)20-24-14/h3-6,10,12-13,15,21H,1-2,7-9H2,(H,19,22)(H,20,23). The average molecular weight is 331 g/mol. The van der Waals surface area contributed by atoms with Crippen molar-refractivity contribution in [3.63, 3.8) is 0 Å². The summed E-state index contributed by atoms with van der Waals surface area (Å²) in [6, 6.07) is 5.21. The molecule has 0 bridgehead atoms. The predicted octanol–water partition coefficient (Wildman–Crippen LogP) is 0.794. The summed E-state index contributed by atoms with van der Waals surface area (Å²) in [5.41, 5.74) is 0.803. The minimum atomic E-state index is -0.301. The number of H-pyrrole nitrogens is 1. The monoisotopic (exact) mass is 331 g/mol. The minimum absolute atomic E-state index is 0.0125. The van der Waals surface area contributed by atoms with Crippen LogP contribution < -0.4 is 10.9 Å². The molecule has 3 rings (SSSR count). The Kier molecular flexibility index (Phi) is 5.10. The Bertz CT molecular complexity index is 719. The van der Waals surface area contributed by atoms with Crippen LogP contribution in [0.15, 0.2) is 39.9 Å². The number of nitrogens with one attached hydrogen (secondary N) is 2. The smallest absolute Gasteiger partial charge is 0.280 e. The Morgan fingerprint density at radius 2 is 2.17 bits per heavy atom. The van der Waals surface area contributed by atoms with E-state index in [0.717, 1.165) is 5.56 Å². The maximum atomic E-state index is 12.2. The molecule has 1 amide bonds. The van der Waals surface area contributed by atoms with Crippen LogP contribution in [-0.2, 0) is 17.6 Å². The van der Waals surface area contributed by atoms with Gasteiger partial charge in [-0.3, -0.25) is 14.6 Å². The third kappa shape index (κ3) is 4.32. The number of nitrogens with zero attached hydrogens (tertiary/aromatic N) is 1. The molecule has 0 radical (unpaired) electrons. The van der Waals surface area contributed by atoms with Gasteiger partial charge in [0.05, 0.1) is 6.10 Å². The highest BCUT2D eigenvalue weighted by Gasteiger charge is 2.34. The molecule has 2 aromatic rings. The van der Waals surface area contributed by atoms with E-state index in [1.807, 2.05) is 12.1 Å². The molecule has 1 aliphatic rings. The van der Waals surface area contributed by atoms with Gasteiger partial charge in [-0.15, -0.1) is 0 Å². The van der Waals surface area contributed by atoms with Gasteiger partial charge in [-0.05, 0) is 42.9 Å². The molecule has 1 unspecified atom stereocenters. The van der Waals surface area contributed by atoms with Gasteiger partial charge in [0.25, 0.3) is 5.56 Å². The zero-order chi connectivity index (χ0) is 16.9. The fraction of sp³-hybridized carbons (Fsp3) is 0.471. The minimum Gasteiger partial charge on any atom is -0.393 e. The molecule has 2 heterocycles. The second-order valence-corrected chi connectivity index (χ2v) is 6.30. The largest absolute Gasteiger partial charge is 0.393 e. The van der Waals surface area contributed by atoms with Crippen LogP contribution in [-0.4, -0.2) is 33.3 Å². The van der Waals surface area contributed by atoms with E-state index in [0.29, 0.717) is 31.4 Å². The molecule has 0 saturated heterocycles. The number of aliphatic hydroxyl groups excluding tert-OH is 1. The molecule has 1 saturated carbocycles. The maximum absolute atomic E-state index is 12.2. The summed E-state index contributed by atoms with van der Waals surface area (Å²) in [5, 5.41) is 14.8. The fourth-order valence-electron chi connectivity index (χ4n) is 3.03. The van der Waals surface area contributed by atoms with Gasteiger partial charge in [-0.2, -0.15) is 5.16 Å². The number of aromatic amines is 1. The quantitative estimate of drug-likeness (QED) is 0.695. The first kappa shape index (κ1) is 16.4. The van der Waals surface area contributed by atoms with Gasteiger partial charge in [-0.25, -0.2) is 0 Å². The molecule has 0 spiro atoms. The van der Waals surface area contributed by atoms with E-state index >= 15 is 0 Å². The Morgan fingerprint density at radius 1 is 1.42 bits per heavy atom. The van der Waals surface area contributed by atoms with Crippen molar-refractivity contribution in [2.75, 3.05) is 0 Å². The van der Waals surface area contributed by atoms with Crippen LogP contribution in [0.1, 0.15) is 30.6 Å². The Hall–Kier alpha value is -2.41. The molecule has 24 heavy (non-hydrogen) atoms. The van der Waals surface area contributed by atoms with Crippen molar-refractivity contribution < 1.29 is 14.4 Å². The molecule has 0 aliphatic heterocycles. The van der Waals surface area contributed by atoms with Gasteiger partial charge in [-0.1, -0.05) is 0 Å². The van der Waals surface area contributed by atoms with Gasteiger partial charge >= 0.3 is 0 Å². The van der Waals surface area contributed by atoms with Crippen LogP contribution in [0.5, 0.6) is 0 Å². The molecule has 1 atom stereocenters. The van der Waals surface area contributed by atoms with Crippen molar-refractivity contribution in [2.45, 2.75) is 44.2 Å². The normalized spacial score (nSPS) is 21.0. The SMILES string of the molecule is O=C(CCc1cc(=O)[nH]o1)NC(Cc1ccncc1)C1CC(O)C1. The number of aliphatic hydroxyl groups is 1. The second kappa shape index (κ2) is 7.44. The van der Waals surface area contributed by atoms with Crippen LogP contribution in [0.2, 0.25) is 0 Å². The highest BCUT2D eigenvalue weighted by atomic mass is 16.5. The summed E-state index contributed by atoms with van der Waals surface area (Å²) in [5.74, 6) is 0.668. The van der Waals surface area contributed by atoms with E-state index in [-0.39, 0.29) is 36.0 Å². The van der Waals surface area contributed by atoms with Gasteiger partial charge in [0.2, 0.25) is 5.91 Å². The zero-order valence-electron chi connectivity index (χ0n) is 13.3. The highest BCUT2D eigenvalue weighted by molar-refractivity contribution is 5.76. The molecule has 3 N–H and O–H groups in total. The van der Waals surface area contributed by atoms with Crippen molar-refractivity contribution in [3.05, 3.63) is 52.3 Å². The van der Waals surface area contributed by atoms with Crippen LogP contribution >= 0.6 is 0 Å². The molecular weight excluding hydrogens is 310 g/mol. The summed E-state index contributed by atoms with van der Waals surface area (Å²) in [4.78, 5) is 27.2. The van der Waals surface area contributed by atoms with Crippen molar-refractivity contribution in [1.29, 1.82) is 0 Å². The van der Waals surface area contributed by atoms with E-state index in [1.54, 1.807) is 12.4 Å². The maximum Gasteiger partial charge on any atom is 0.280 e. The first-order valence-electron chi connectivity index (χ1n) is 8.14. The molecule has 0 aromatic carbocycles. The number of carbonyl (C=O) groups is 1. The Labute approximate surface area is 139 Å². The lowest BCUT2D eigenvalue weighted by molar-refractivity contribution is -0.123. The number of amides is 1. The van der Waals surface area contributed by atoms with Crippen molar-refractivity contribution in [2.24, 2.45) is 5.92 Å². The van der Waals surface area contributed by atoms with Gasteiger partial charge in [0.15, 0.2) is 0 Å². The number of rotatable bonds is 7. The first-order valence-corrected chi connectivity index (χ1v) is 8.14. The number of aryl methyl sites for hydroxylation is 1. The van der Waals surface area contributed by atoms with Crippen molar-refractivity contribution in [3.8, 4) is 0 Å². The molecule has 7 heteroatoms. The number of pyridine rings is 1. The number of hydrogen-bond acceptors (Lipinski definition) is 5. The summed E-state index contributed by atoms with van der Waals surface area (Å²) >= 11 is 0. The molecule has 1 aliphatic carbocycles. The third-order valence-corrected chi connectivity index (χ3v) is 4.44. The van der Waals surface area contributed by atoms with Gasteiger partial charge < -0.3 is 14.9 Å². The van der Waals surface area contributed by atoms with Crippen LogP contribution in [0, 0.1) is 5.92 Å². The average Bonchev–Trinajstić information content (AvgIpc) is 2.96. The first-order chi connectivity index (χ1) is 11.6. The zero-order valence-corrected chi connectivity index (χ0v) is 13.3. The van der Waals surface area contributed by atoms with Gasteiger partial charge in [0.1, 0.15) is 5.76 Å². The van der Waals surface area contributed by atoms with Gasteiger partial charge in [0, 0.05) is 37.3 Å². The lowest BCUT2D eigenvalue weighted by Gasteiger charge is -2.38. The van der Waals surface area contributed by atoms with Crippen LogP contribution in [0.3, 0.4) is 0 Å². The van der Waals surface area contributed by atoms with Crippen LogP contribution in [0.25, 0.3) is 0 Å². The predicted molar refractivity (Wildman–Crippen MR) is 86.3 cm³/mol. The summed E-state index contributed by atoms with van der Waals surface area (Å²) < 4.78 is 4.95. The number of carbonyl (C=O) groups excluding carboxylic acids is 1. The number of hydrogen-bond donors (Lipinski definition) is 3. The topological polar surface area (TPSA) is 108 Å². The third-order valence-electron chi connectivity index (χ3n) is 4.44. The Balaban J connectivity index is 1.56. The van der Waals surface area contributed by atoms with Crippen molar-refractivity contribution in [1.82, 2.24) is 15.5 Å².